The summed E-state index contributed by atoms with van der Waals surface area (Å²) >= 11 is 0. The van der Waals surface area contributed by atoms with Gasteiger partial charge >= 0.3 is 5.97 Å². The Labute approximate surface area is 159 Å². The maximum Gasteiger partial charge on any atom is 0.338 e. The van der Waals surface area contributed by atoms with Crippen LogP contribution in [0.5, 0.6) is 0 Å². The zero-order chi connectivity index (χ0) is 19.1. The number of carbonyl (C=O) groups excluding carboxylic acids is 2. The number of benzene rings is 2. The van der Waals surface area contributed by atoms with Crippen LogP contribution in [0.4, 0.5) is 0 Å². The van der Waals surface area contributed by atoms with Gasteiger partial charge in [-0.05, 0) is 48.9 Å². The fraction of sp³-hybridized carbons (Fsp3) is 0.348. The van der Waals surface area contributed by atoms with Gasteiger partial charge in [-0.2, -0.15) is 5.26 Å². The van der Waals surface area contributed by atoms with Crippen molar-refractivity contribution in [1.82, 2.24) is 0 Å². The van der Waals surface area contributed by atoms with Crippen molar-refractivity contribution in [3.63, 3.8) is 0 Å². The zero-order valence-corrected chi connectivity index (χ0v) is 15.3. The Morgan fingerprint density at radius 2 is 1.78 bits per heavy atom. The molecule has 0 radical (unpaired) electrons. The number of nitrogens with zero attached hydrogens (tertiary/aromatic N) is 1. The predicted octanol–water partition coefficient (Wildman–Crippen LogP) is 4.60. The number of hydrogen-bond donors (Lipinski definition) is 0. The Morgan fingerprint density at radius 3 is 2.48 bits per heavy atom. The number of ether oxygens (including phenoxy) is 1. The van der Waals surface area contributed by atoms with Crippen LogP contribution in [0.15, 0.2) is 54.6 Å². The largest absolute Gasteiger partial charge is 0.459 e. The number of carbonyl (C=O) groups is 2. The van der Waals surface area contributed by atoms with Gasteiger partial charge < -0.3 is 4.74 Å². The normalized spacial score (nSPS) is 15.5. The van der Waals surface area contributed by atoms with Crippen molar-refractivity contribution in [1.29, 1.82) is 5.26 Å². The van der Waals surface area contributed by atoms with E-state index in [-0.39, 0.29) is 24.3 Å². The fourth-order valence-electron chi connectivity index (χ4n) is 3.48. The van der Waals surface area contributed by atoms with E-state index in [1.807, 2.05) is 30.3 Å². The molecule has 1 fully saturated rings. The average molecular weight is 361 g/mol. The van der Waals surface area contributed by atoms with Gasteiger partial charge in [-0.3, -0.25) is 4.79 Å². The van der Waals surface area contributed by atoms with E-state index in [0.29, 0.717) is 11.1 Å². The summed E-state index contributed by atoms with van der Waals surface area (Å²) < 4.78 is 5.60. The van der Waals surface area contributed by atoms with Crippen molar-refractivity contribution >= 4 is 11.8 Å². The molecule has 4 nitrogen and oxygen atoms in total. The van der Waals surface area contributed by atoms with Crippen LogP contribution < -0.4 is 0 Å². The molecule has 0 bridgehead atoms. The van der Waals surface area contributed by atoms with Crippen LogP contribution in [0.25, 0.3) is 0 Å². The molecular weight excluding hydrogens is 338 g/mol. The molecule has 1 aliphatic rings. The van der Waals surface area contributed by atoms with E-state index in [1.165, 1.54) is 6.42 Å². The van der Waals surface area contributed by atoms with Crippen molar-refractivity contribution in [2.75, 3.05) is 0 Å². The van der Waals surface area contributed by atoms with Crippen molar-refractivity contribution in [3.8, 4) is 6.07 Å². The number of esters is 1. The number of rotatable bonds is 6. The molecule has 4 heteroatoms. The summed E-state index contributed by atoms with van der Waals surface area (Å²) in [6.45, 7) is 0. The Balaban J connectivity index is 1.71. The maximum atomic E-state index is 12.6. The summed E-state index contributed by atoms with van der Waals surface area (Å²) in [5.41, 5.74) is 1.80. The van der Waals surface area contributed by atoms with Crippen LogP contribution in [0, 0.1) is 11.3 Å². The third-order valence-corrected chi connectivity index (χ3v) is 4.95. The molecule has 138 valence electrons. The topological polar surface area (TPSA) is 67.2 Å². The Morgan fingerprint density at radius 1 is 1.04 bits per heavy atom. The highest BCUT2D eigenvalue weighted by Gasteiger charge is 2.23. The molecule has 0 aromatic heterocycles. The number of ketones is 1. The van der Waals surface area contributed by atoms with E-state index in [2.05, 4.69) is 6.07 Å². The SMILES string of the molecule is N#CC(C(=O)Cc1ccccc1)c1cccc(C(=O)OC2CCCCC2)c1. The van der Waals surface area contributed by atoms with Gasteiger partial charge in [0.1, 0.15) is 12.0 Å². The summed E-state index contributed by atoms with van der Waals surface area (Å²) in [7, 11) is 0. The van der Waals surface area contributed by atoms with E-state index in [4.69, 9.17) is 4.74 Å². The lowest BCUT2D eigenvalue weighted by Crippen LogP contribution is -2.21. The molecule has 0 saturated heterocycles. The van der Waals surface area contributed by atoms with Gasteiger partial charge in [-0.25, -0.2) is 4.79 Å². The lowest BCUT2D eigenvalue weighted by molar-refractivity contribution is -0.118. The first-order chi connectivity index (χ1) is 13.2. The quantitative estimate of drug-likeness (QED) is 0.706. The second-order valence-corrected chi connectivity index (χ2v) is 6.98. The molecule has 1 saturated carbocycles. The van der Waals surface area contributed by atoms with E-state index in [9.17, 15) is 14.9 Å². The Kier molecular flexibility index (Phi) is 6.38. The number of hydrogen-bond acceptors (Lipinski definition) is 4. The summed E-state index contributed by atoms with van der Waals surface area (Å²) in [6.07, 6.45) is 5.34. The summed E-state index contributed by atoms with van der Waals surface area (Å²) in [4.78, 5) is 25.1. The molecule has 0 heterocycles. The van der Waals surface area contributed by atoms with Crippen LogP contribution in [0.2, 0.25) is 0 Å². The van der Waals surface area contributed by atoms with Gasteiger partial charge in [0, 0.05) is 6.42 Å². The van der Waals surface area contributed by atoms with Gasteiger partial charge in [0.15, 0.2) is 5.78 Å². The second-order valence-electron chi connectivity index (χ2n) is 6.98. The first kappa shape index (κ1) is 18.8. The highest BCUT2D eigenvalue weighted by Crippen LogP contribution is 2.23. The summed E-state index contributed by atoms with van der Waals surface area (Å²) in [5, 5.41) is 9.53. The van der Waals surface area contributed by atoms with Crippen LogP contribution in [-0.4, -0.2) is 17.9 Å². The molecule has 0 aliphatic heterocycles. The van der Waals surface area contributed by atoms with E-state index in [1.54, 1.807) is 24.3 Å². The van der Waals surface area contributed by atoms with Crippen LogP contribution >= 0.6 is 0 Å². The van der Waals surface area contributed by atoms with Crippen LogP contribution in [0.3, 0.4) is 0 Å². The monoisotopic (exact) mass is 361 g/mol. The molecule has 2 aromatic carbocycles. The maximum absolute atomic E-state index is 12.6. The molecule has 0 N–H and O–H groups in total. The standard InChI is InChI=1S/C23H23NO3/c24-16-21(22(25)14-17-8-3-1-4-9-17)18-10-7-11-19(15-18)23(26)27-20-12-5-2-6-13-20/h1,3-4,7-11,15,20-21H,2,5-6,12-14H2. The van der Waals surface area contributed by atoms with Gasteiger partial charge in [-0.1, -0.05) is 48.9 Å². The van der Waals surface area contributed by atoms with Crippen molar-refractivity contribution < 1.29 is 14.3 Å². The molecule has 27 heavy (non-hydrogen) atoms. The summed E-state index contributed by atoms with van der Waals surface area (Å²) in [6, 6.07) is 18.1. The van der Waals surface area contributed by atoms with Gasteiger partial charge in [-0.15, -0.1) is 0 Å². The average Bonchev–Trinajstić information content (AvgIpc) is 2.70. The lowest BCUT2D eigenvalue weighted by Gasteiger charge is -2.22. The molecule has 3 rings (SSSR count). The molecule has 0 spiro atoms. The first-order valence-electron chi connectivity index (χ1n) is 9.44. The lowest BCUT2D eigenvalue weighted by atomic mass is 9.91. The molecule has 2 aromatic rings. The van der Waals surface area contributed by atoms with Crippen molar-refractivity contribution in [2.24, 2.45) is 0 Å². The molecular formula is C23H23NO3. The highest BCUT2D eigenvalue weighted by atomic mass is 16.5. The van der Waals surface area contributed by atoms with Crippen LogP contribution in [0.1, 0.15) is 59.5 Å². The third kappa shape index (κ3) is 5.04. The fourth-order valence-corrected chi connectivity index (χ4v) is 3.48. The van der Waals surface area contributed by atoms with E-state index in [0.717, 1.165) is 31.2 Å². The van der Waals surface area contributed by atoms with Crippen LogP contribution in [-0.2, 0) is 16.0 Å². The first-order valence-corrected chi connectivity index (χ1v) is 9.44. The van der Waals surface area contributed by atoms with Crippen molar-refractivity contribution in [3.05, 3.63) is 71.3 Å². The van der Waals surface area contributed by atoms with Gasteiger partial charge in [0.05, 0.1) is 11.6 Å². The minimum Gasteiger partial charge on any atom is -0.459 e. The second kappa shape index (κ2) is 9.14. The smallest absolute Gasteiger partial charge is 0.338 e. The summed E-state index contributed by atoms with van der Waals surface area (Å²) in [5.74, 6) is -1.45. The Hall–Kier alpha value is -2.93. The number of nitriles is 1. The molecule has 1 unspecified atom stereocenters. The minimum absolute atomic E-state index is 0.0265. The minimum atomic E-state index is -0.896. The third-order valence-electron chi connectivity index (χ3n) is 4.95. The highest BCUT2D eigenvalue weighted by molar-refractivity contribution is 5.92. The zero-order valence-electron chi connectivity index (χ0n) is 15.3. The van der Waals surface area contributed by atoms with E-state index >= 15 is 0 Å². The van der Waals surface area contributed by atoms with Gasteiger partial charge in [0.2, 0.25) is 0 Å². The number of Topliss-reactive ketones (excluding diaryl/α,β-unsaturated/α-hetero) is 1. The molecule has 1 atom stereocenters. The predicted molar refractivity (Wildman–Crippen MR) is 102 cm³/mol. The van der Waals surface area contributed by atoms with E-state index < -0.39 is 5.92 Å². The molecule has 1 aliphatic carbocycles. The van der Waals surface area contributed by atoms with Crippen molar-refractivity contribution in [2.45, 2.75) is 50.5 Å². The molecule has 0 amide bonds. The van der Waals surface area contributed by atoms with Gasteiger partial charge in [0.25, 0.3) is 0 Å². The Bertz CT molecular complexity index is 832.